The van der Waals surface area contributed by atoms with Gasteiger partial charge in [0.05, 0.1) is 4.92 Å². The lowest BCUT2D eigenvalue weighted by Crippen LogP contribution is -2.18. The summed E-state index contributed by atoms with van der Waals surface area (Å²) in [5.41, 5.74) is 0.203. The summed E-state index contributed by atoms with van der Waals surface area (Å²) >= 11 is 5.96. The molecular formula is C22H10ClF4N5O3S. The van der Waals surface area contributed by atoms with Crippen molar-refractivity contribution in [3.05, 3.63) is 98.4 Å². The van der Waals surface area contributed by atoms with Crippen LogP contribution in [0.25, 0.3) is 17.4 Å². The first kappa shape index (κ1) is 23.8. The molecular weight excluding hydrogens is 526 g/mol. The smallest absolute Gasteiger partial charge is 0.383 e. The molecule has 0 aliphatic carbocycles. The largest absolute Gasteiger partial charge is 0.457 e. The van der Waals surface area contributed by atoms with Gasteiger partial charge in [0.25, 0.3) is 5.69 Å². The van der Waals surface area contributed by atoms with Crippen molar-refractivity contribution in [1.82, 2.24) is 14.9 Å². The molecule has 2 aromatic heterocycles. The van der Waals surface area contributed by atoms with E-state index < -0.39 is 27.8 Å². The maximum atomic E-state index is 14.7. The van der Waals surface area contributed by atoms with Crippen LogP contribution >= 0.6 is 23.4 Å². The van der Waals surface area contributed by atoms with Crippen molar-refractivity contribution >= 4 is 40.8 Å². The summed E-state index contributed by atoms with van der Waals surface area (Å²) in [5.74, 6) is -2.11. The molecule has 0 atom stereocenters. The van der Waals surface area contributed by atoms with E-state index in [1.165, 1.54) is 30.3 Å². The van der Waals surface area contributed by atoms with Crippen LogP contribution in [0.1, 0.15) is 17.1 Å². The molecule has 0 saturated carbocycles. The van der Waals surface area contributed by atoms with Crippen molar-refractivity contribution in [2.45, 2.75) is 10.5 Å². The van der Waals surface area contributed by atoms with Crippen molar-refractivity contribution in [1.29, 1.82) is 0 Å². The number of non-ortho nitro benzene ring substituents is 1. The highest BCUT2D eigenvalue weighted by molar-refractivity contribution is 8.04. The van der Waals surface area contributed by atoms with E-state index >= 15 is 0 Å². The first-order valence-corrected chi connectivity index (χ1v) is 11.1. The van der Waals surface area contributed by atoms with Crippen LogP contribution in [-0.4, -0.2) is 25.5 Å². The Morgan fingerprint density at radius 2 is 1.83 bits per heavy atom. The summed E-state index contributed by atoms with van der Waals surface area (Å²) in [6.45, 7) is 0. The Morgan fingerprint density at radius 1 is 1.08 bits per heavy atom. The topological polar surface area (TPSA) is 99.3 Å². The lowest BCUT2D eigenvalue weighted by molar-refractivity contribution is -0.384. The highest BCUT2D eigenvalue weighted by Gasteiger charge is 2.38. The third-order valence-electron chi connectivity index (χ3n) is 4.95. The molecule has 4 aromatic rings. The second-order valence-corrected chi connectivity index (χ2v) is 8.79. The first-order chi connectivity index (χ1) is 17.1. The fraction of sp³-hybridized carbons (Fsp3) is 0.0455. The number of benzene rings is 2. The molecule has 8 nitrogen and oxygen atoms in total. The molecule has 0 saturated heterocycles. The van der Waals surface area contributed by atoms with E-state index in [2.05, 4.69) is 15.3 Å². The van der Waals surface area contributed by atoms with Crippen LogP contribution in [0.4, 0.5) is 23.2 Å². The van der Waals surface area contributed by atoms with E-state index in [1.54, 1.807) is 12.1 Å². The van der Waals surface area contributed by atoms with E-state index in [-0.39, 0.29) is 32.8 Å². The van der Waals surface area contributed by atoms with E-state index in [1.807, 2.05) is 0 Å². The quantitative estimate of drug-likeness (QED) is 0.127. The molecule has 0 amide bonds. The predicted molar refractivity (Wildman–Crippen MR) is 123 cm³/mol. The summed E-state index contributed by atoms with van der Waals surface area (Å²) in [6, 6.07) is 11.6. The van der Waals surface area contributed by atoms with Crippen LogP contribution in [-0.2, 0) is 5.38 Å². The molecule has 14 heteroatoms. The number of halogens is 5. The minimum atomic E-state index is -3.90. The van der Waals surface area contributed by atoms with Crippen LogP contribution in [0.15, 0.2) is 74.2 Å². The fourth-order valence-corrected chi connectivity index (χ4v) is 4.35. The Morgan fingerprint density at radius 3 is 2.50 bits per heavy atom. The standard InChI is InChI=1S/C22H10ClF4N5O3S/c23-22(26,27)20-28-29-21-31(20)30-19(15-7-3-12(24)9-16(15)25)18(36-21)10-14-6-8-17(35-14)11-1-4-13(5-2-11)32(33)34/h1-10H/b18-10-. The van der Waals surface area contributed by atoms with Crippen molar-refractivity contribution in [2.75, 3.05) is 0 Å². The Bertz CT molecular complexity index is 1560. The lowest BCUT2D eigenvalue weighted by Gasteiger charge is -2.18. The van der Waals surface area contributed by atoms with Gasteiger partial charge in [0.1, 0.15) is 28.9 Å². The molecule has 5 rings (SSSR count). The van der Waals surface area contributed by atoms with E-state index in [9.17, 15) is 27.7 Å². The number of aromatic nitrogens is 3. The molecule has 3 heterocycles. The average Bonchev–Trinajstić information content (AvgIpc) is 3.46. The molecule has 0 fully saturated rings. The van der Waals surface area contributed by atoms with Crippen LogP contribution in [0.3, 0.4) is 0 Å². The molecule has 182 valence electrons. The third-order valence-corrected chi connectivity index (χ3v) is 6.09. The molecule has 0 bridgehead atoms. The van der Waals surface area contributed by atoms with Crippen LogP contribution < -0.4 is 0 Å². The number of thioether (sulfide) groups is 1. The molecule has 1 aliphatic rings. The number of allylic oxidation sites excluding steroid dienone is 1. The summed E-state index contributed by atoms with van der Waals surface area (Å²) in [6.07, 6.45) is 1.47. The highest BCUT2D eigenvalue weighted by atomic mass is 35.5. The Kier molecular flexibility index (Phi) is 5.88. The zero-order valence-electron chi connectivity index (χ0n) is 17.5. The number of fused-ring (bicyclic) bond motifs is 1. The van der Waals surface area contributed by atoms with Crippen molar-refractivity contribution in [3.63, 3.8) is 0 Å². The van der Waals surface area contributed by atoms with Crippen LogP contribution in [0.2, 0.25) is 0 Å². The summed E-state index contributed by atoms with van der Waals surface area (Å²) in [5, 5.41) is 18.1. The van der Waals surface area contributed by atoms with Gasteiger partial charge in [-0.1, -0.05) is 0 Å². The van der Waals surface area contributed by atoms with Gasteiger partial charge in [0, 0.05) is 34.2 Å². The molecule has 2 aromatic carbocycles. The number of hydrogen-bond donors (Lipinski definition) is 0. The normalized spacial score (nSPS) is 14.6. The Hall–Kier alpha value is -3.97. The number of hydrogen-bond acceptors (Lipinski definition) is 7. The maximum Gasteiger partial charge on any atom is 0.383 e. The number of nitro groups is 1. The Labute approximate surface area is 208 Å². The van der Waals surface area contributed by atoms with Gasteiger partial charge in [-0.2, -0.15) is 18.6 Å². The summed E-state index contributed by atoms with van der Waals surface area (Å²) in [7, 11) is 0. The second kappa shape index (κ2) is 8.91. The number of furan rings is 1. The molecule has 0 radical (unpaired) electrons. The van der Waals surface area contributed by atoms with Gasteiger partial charge in [-0.05, 0) is 65.8 Å². The minimum absolute atomic E-state index is 0.0648. The number of rotatable bonds is 5. The minimum Gasteiger partial charge on any atom is -0.457 e. The van der Waals surface area contributed by atoms with Crippen LogP contribution in [0, 0.1) is 21.7 Å². The third kappa shape index (κ3) is 4.50. The monoisotopic (exact) mass is 535 g/mol. The van der Waals surface area contributed by atoms with Gasteiger partial charge in [0.2, 0.25) is 11.0 Å². The van der Waals surface area contributed by atoms with Gasteiger partial charge in [0.15, 0.2) is 0 Å². The van der Waals surface area contributed by atoms with Crippen molar-refractivity contribution in [3.8, 4) is 11.3 Å². The summed E-state index contributed by atoms with van der Waals surface area (Å²) in [4.78, 5) is 10.6. The van der Waals surface area contributed by atoms with Gasteiger partial charge in [-0.15, -0.1) is 10.2 Å². The van der Waals surface area contributed by atoms with Gasteiger partial charge in [-0.3, -0.25) is 10.1 Å². The van der Waals surface area contributed by atoms with Crippen molar-refractivity contribution in [2.24, 2.45) is 5.10 Å². The van der Waals surface area contributed by atoms with Gasteiger partial charge >= 0.3 is 5.38 Å². The van der Waals surface area contributed by atoms with Crippen molar-refractivity contribution < 1.29 is 26.9 Å². The predicted octanol–water partition coefficient (Wildman–Crippen LogP) is 6.41. The number of alkyl halides is 3. The zero-order valence-corrected chi connectivity index (χ0v) is 19.1. The second-order valence-electron chi connectivity index (χ2n) is 7.31. The summed E-state index contributed by atoms with van der Waals surface area (Å²) < 4.78 is 62.2. The zero-order chi connectivity index (χ0) is 25.6. The van der Waals surface area contributed by atoms with Gasteiger partial charge < -0.3 is 4.42 Å². The fourth-order valence-electron chi connectivity index (χ4n) is 3.32. The number of nitro benzene ring substituents is 1. The number of nitrogens with zero attached hydrogens (tertiary/aromatic N) is 5. The molecule has 0 unspecified atom stereocenters. The molecule has 36 heavy (non-hydrogen) atoms. The highest BCUT2D eigenvalue weighted by Crippen LogP contribution is 2.40. The lowest BCUT2D eigenvalue weighted by atomic mass is 10.1. The first-order valence-electron chi connectivity index (χ1n) is 9.92. The average molecular weight is 536 g/mol. The molecule has 0 spiro atoms. The van der Waals surface area contributed by atoms with E-state index in [4.69, 9.17) is 16.0 Å². The Balaban J connectivity index is 1.58. The molecule has 1 aliphatic heterocycles. The van der Waals surface area contributed by atoms with Gasteiger partial charge in [-0.25, -0.2) is 8.78 Å². The van der Waals surface area contributed by atoms with Crippen LogP contribution in [0.5, 0.6) is 0 Å². The maximum absolute atomic E-state index is 14.7. The SMILES string of the molecule is O=[N+]([O-])c1ccc(-c2ccc(/C=C3\Sc4nnc(C(F)(F)Cl)n4N=C3c3ccc(F)cc3F)o2)cc1. The van der Waals surface area contributed by atoms with E-state index in [0.29, 0.717) is 22.1 Å². The van der Waals surface area contributed by atoms with E-state index in [0.717, 1.165) is 23.9 Å². The molecule has 0 N–H and O–H groups in total.